The van der Waals surface area contributed by atoms with E-state index >= 15 is 0 Å². The summed E-state index contributed by atoms with van der Waals surface area (Å²) in [5, 5.41) is 17.0. The third kappa shape index (κ3) is 7.00. The molecule has 0 aromatic carbocycles. The molecule has 1 saturated heterocycles. The molecule has 5 nitrogen and oxygen atoms in total. The van der Waals surface area contributed by atoms with Crippen LogP contribution in [0.25, 0.3) is 0 Å². The van der Waals surface area contributed by atoms with Crippen LogP contribution in [0.15, 0.2) is 4.99 Å². The van der Waals surface area contributed by atoms with Gasteiger partial charge in [0.25, 0.3) is 0 Å². The number of nitrogens with one attached hydrogen (secondary N) is 2. The molecule has 0 amide bonds. The number of nitrogens with zero attached hydrogens (tertiary/aromatic N) is 2. The lowest BCUT2D eigenvalue weighted by Crippen LogP contribution is -2.45. The highest BCUT2D eigenvalue weighted by Crippen LogP contribution is 2.16. The molecule has 22 heavy (non-hydrogen) atoms. The van der Waals surface area contributed by atoms with Crippen LogP contribution in [0, 0.1) is 0 Å². The van der Waals surface area contributed by atoms with Crippen molar-refractivity contribution in [2.24, 2.45) is 4.99 Å². The molecule has 0 saturated carbocycles. The SMILES string of the molecule is CCNC(=NCC(O)(CC)CC)NCC1CCCN1CC.I. The number of hydrogen-bond donors (Lipinski definition) is 3. The molecule has 1 fully saturated rings. The molecule has 6 heteroatoms. The highest BCUT2D eigenvalue weighted by atomic mass is 127. The summed E-state index contributed by atoms with van der Waals surface area (Å²) in [5.74, 6) is 0.820. The number of guanidine groups is 1. The Hall–Kier alpha value is -0.0800. The number of halogens is 1. The zero-order chi connectivity index (χ0) is 15.7. The Bertz CT molecular complexity index is 321. The van der Waals surface area contributed by atoms with Crippen molar-refractivity contribution in [1.29, 1.82) is 0 Å². The zero-order valence-electron chi connectivity index (χ0n) is 14.7. The molecule has 1 aliphatic rings. The minimum absolute atomic E-state index is 0. The van der Waals surface area contributed by atoms with Crippen molar-refractivity contribution in [3.05, 3.63) is 0 Å². The molecule has 132 valence electrons. The first-order valence-electron chi connectivity index (χ1n) is 8.57. The lowest BCUT2D eigenvalue weighted by Gasteiger charge is -2.25. The van der Waals surface area contributed by atoms with Crippen LogP contribution in [0.5, 0.6) is 0 Å². The Labute approximate surface area is 153 Å². The van der Waals surface area contributed by atoms with E-state index in [4.69, 9.17) is 0 Å². The Morgan fingerprint density at radius 3 is 2.45 bits per heavy atom. The molecule has 1 aliphatic heterocycles. The summed E-state index contributed by atoms with van der Waals surface area (Å²) in [7, 11) is 0. The van der Waals surface area contributed by atoms with E-state index < -0.39 is 5.60 Å². The second-order valence-corrected chi connectivity index (χ2v) is 5.93. The van der Waals surface area contributed by atoms with Crippen molar-refractivity contribution < 1.29 is 5.11 Å². The maximum atomic E-state index is 10.3. The van der Waals surface area contributed by atoms with Gasteiger partial charge in [0.15, 0.2) is 5.96 Å². The zero-order valence-corrected chi connectivity index (χ0v) is 17.0. The van der Waals surface area contributed by atoms with Gasteiger partial charge in [-0.2, -0.15) is 0 Å². The molecule has 0 aromatic heterocycles. The summed E-state index contributed by atoms with van der Waals surface area (Å²) in [6, 6.07) is 0.607. The first-order chi connectivity index (χ1) is 10.1. The standard InChI is InChI=1S/C16H34N4O.HI/c1-5-16(21,6-2)13-19-15(17-7-3)18-12-14-10-9-11-20(14)8-4;/h14,21H,5-13H2,1-4H3,(H2,17,18,19);1H. The maximum absolute atomic E-state index is 10.3. The second-order valence-electron chi connectivity index (χ2n) is 5.93. The molecule has 0 aromatic rings. The van der Waals surface area contributed by atoms with E-state index in [1.165, 1.54) is 19.4 Å². The largest absolute Gasteiger partial charge is 0.388 e. The van der Waals surface area contributed by atoms with Crippen molar-refractivity contribution >= 4 is 29.9 Å². The van der Waals surface area contributed by atoms with Gasteiger partial charge in [-0.25, -0.2) is 0 Å². The number of likely N-dealkylation sites (N-methyl/N-ethyl adjacent to an activating group) is 1. The van der Waals surface area contributed by atoms with E-state index in [0.29, 0.717) is 12.6 Å². The number of aliphatic imine (C=N–C) groups is 1. The van der Waals surface area contributed by atoms with Crippen molar-refractivity contribution in [3.8, 4) is 0 Å². The van der Waals surface area contributed by atoms with E-state index in [9.17, 15) is 5.11 Å². The van der Waals surface area contributed by atoms with Crippen molar-refractivity contribution in [1.82, 2.24) is 15.5 Å². The number of rotatable bonds is 8. The van der Waals surface area contributed by atoms with Crippen molar-refractivity contribution in [2.45, 2.75) is 65.0 Å². The van der Waals surface area contributed by atoms with E-state index in [1.54, 1.807) is 0 Å². The normalized spacial score (nSPS) is 19.9. The minimum Gasteiger partial charge on any atom is -0.388 e. The van der Waals surface area contributed by atoms with Gasteiger partial charge in [-0.3, -0.25) is 9.89 Å². The lowest BCUT2D eigenvalue weighted by atomic mass is 9.98. The average Bonchev–Trinajstić information content (AvgIpc) is 2.97. The van der Waals surface area contributed by atoms with Gasteiger partial charge >= 0.3 is 0 Å². The summed E-state index contributed by atoms with van der Waals surface area (Å²) in [6.07, 6.45) is 4.02. The highest BCUT2D eigenvalue weighted by Gasteiger charge is 2.24. The molecule has 0 aliphatic carbocycles. The van der Waals surface area contributed by atoms with Crippen LogP contribution in [-0.4, -0.2) is 60.3 Å². The summed E-state index contributed by atoms with van der Waals surface area (Å²) in [4.78, 5) is 7.08. The second kappa shape index (κ2) is 11.5. The van der Waals surface area contributed by atoms with Crippen LogP contribution < -0.4 is 10.6 Å². The molecular weight excluding hydrogens is 391 g/mol. The summed E-state index contributed by atoms with van der Waals surface area (Å²) in [6.45, 7) is 12.9. The monoisotopic (exact) mass is 426 g/mol. The van der Waals surface area contributed by atoms with E-state index in [0.717, 1.165) is 38.4 Å². The Kier molecular flexibility index (Phi) is 11.4. The van der Waals surface area contributed by atoms with Crippen molar-refractivity contribution in [2.75, 3.05) is 32.7 Å². The van der Waals surface area contributed by atoms with Gasteiger partial charge < -0.3 is 15.7 Å². The Balaban J connectivity index is 0.00000441. The van der Waals surface area contributed by atoms with E-state index in [-0.39, 0.29) is 24.0 Å². The third-order valence-electron chi connectivity index (χ3n) is 4.60. The fourth-order valence-electron chi connectivity index (χ4n) is 2.80. The van der Waals surface area contributed by atoms with E-state index in [1.807, 2.05) is 13.8 Å². The van der Waals surface area contributed by atoms with Gasteiger partial charge in [-0.05, 0) is 45.7 Å². The summed E-state index contributed by atoms with van der Waals surface area (Å²) < 4.78 is 0. The van der Waals surface area contributed by atoms with E-state index in [2.05, 4.69) is 34.4 Å². The van der Waals surface area contributed by atoms with Gasteiger partial charge in [0.2, 0.25) is 0 Å². The van der Waals surface area contributed by atoms with Crippen LogP contribution in [0.3, 0.4) is 0 Å². The fraction of sp³-hybridized carbons (Fsp3) is 0.938. The van der Waals surface area contributed by atoms with Crippen LogP contribution in [0.4, 0.5) is 0 Å². The smallest absolute Gasteiger partial charge is 0.191 e. The number of hydrogen-bond acceptors (Lipinski definition) is 3. The molecule has 1 rings (SSSR count). The number of likely N-dealkylation sites (tertiary alicyclic amines) is 1. The van der Waals surface area contributed by atoms with Gasteiger partial charge in [0.05, 0.1) is 12.1 Å². The Morgan fingerprint density at radius 1 is 1.23 bits per heavy atom. The number of aliphatic hydroxyl groups is 1. The molecule has 0 spiro atoms. The predicted octanol–water partition coefficient (Wildman–Crippen LogP) is 2.19. The fourth-order valence-corrected chi connectivity index (χ4v) is 2.80. The molecule has 1 heterocycles. The predicted molar refractivity (Wildman–Crippen MR) is 105 cm³/mol. The average molecular weight is 426 g/mol. The van der Waals surface area contributed by atoms with Gasteiger partial charge in [-0.15, -0.1) is 24.0 Å². The summed E-state index contributed by atoms with van der Waals surface area (Å²) >= 11 is 0. The maximum Gasteiger partial charge on any atom is 0.191 e. The van der Waals surface area contributed by atoms with Crippen LogP contribution in [0.2, 0.25) is 0 Å². The van der Waals surface area contributed by atoms with Crippen LogP contribution in [0.1, 0.15) is 53.4 Å². The topological polar surface area (TPSA) is 59.9 Å². The first-order valence-corrected chi connectivity index (χ1v) is 8.57. The van der Waals surface area contributed by atoms with Gasteiger partial charge in [0, 0.05) is 19.1 Å². The minimum atomic E-state index is -0.675. The molecule has 0 bridgehead atoms. The van der Waals surface area contributed by atoms with Gasteiger partial charge in [0.1, 0.15) is 0 Å². The molecule has 1 unspecified atom stereocenters. The van der Waals surface area contributed by atoms with Crippen LogP contribution in [-0.2, 0) is 0 Å². The lowest BCUT2D eigenvalue weighted by molar-refractivity contribution is 0.0418. The first kappa shape index (κ1) is 21.9. The molecule has 3 N–H and O–H groups in total. The Morgan fingerprint density at radius 2 is 1.91 bits per heavy atom. The molecular formula is C16H35IN4O. The molecule has 1 atom stereocenters. The summed E-state index contributed by atoms with van der Waals surface area (Å²) in [5.41, 5.74) is -0.675. The van der Waals surface area contributed by atoms with Crippen molar-refractivity contribution in [3.63, 3.8) is 0 Å². The third-order valence-corrected chi connectivity index (χ3v) is 4.60. The molecule has 0 radical (unpaired) electrons. The van der Waals surface area contributed by atoms with Gasteiger partial charge in [-0.1, -0.05) is 20.8 Å². The quantitative estimate of drug-likeness (QED) is 0.317. The highest BCUT2D eigenvalue weighted by molar-refractivity contribution is 14.0. The van der Waals surface area contributed by atoms with Crippen LogP contribution >= 0.6 is 24.0 Å².